The Hall–Kier alpha value is 0.270. The van der Waals surface area contributed by atoms with Gasteiger partial charge < -0.3 is 5.32 Å². The highest BCUT2D eigenvalue weighted by Gasteiger charge is 2.36. The molecule has 1 saturated heterocycles. The maximum absolute atomic E-state index is 3.80. The summed E-state index contributed by atoms with van der Waals surface area (Å²) in [6.45, 7) is 18.8. The molecule has 0 aromatic rings. The van der Waals surface area contributed by atoms with E-state index in [9.17, 15) is 0 Å². The number of thioether (sulfide) groups is 1. The second-order valence-electron chi connectivity index (χ2n) is 7.67. The normalized spacial score (nSPS) is 27.0. The van der Waals surface area contributed by atoms with E-state index in [4.69, 9.17) is 0 Å². The fourth-order valence-corrected chi connectivity index (χ4v) is 3.86. The predicted octanol–water partition coefficient (Wildman–Crippen LogP) is 3.86. The molecule has 0 aromatic carbocycles. The molecule has 1 aliphatic heterocycles. The van der Waals surface area contributed by atoms with Gasteiger partial charge in [0, 0.05) is 31.2 Å². The van der Waals surface area contributed by atoms with Gasteiger partial charge >= 0.3 is 0 Å². The fraction of sp³-hybridized carbons (Fsp3) is 1.00. The van der Waals surface area contributed by atoms with Crippen molar-refractivity contribution in [3.8, 4) is 0 Å². The Balaban J connectivity index is 2.68. The van der Waals surface area contributed by atoms with E-state index in [0.717, 1.165) is 12.5 Å². The van der Waals surface area contributed by atoms with Crippen molar-refractivity contribution in [1.82, 2.24) is 10.2 Å². The number of rotatable bonds is 6. The van der Waals surface area contributed by atoms with Crippen LogP contribution in [-0.4, -0.2) is 47.6 Å². The first kappa shape index (κ1) is 18.3. The third-order valence-electron chi connectivity index (χ3n) is 4.66. The minimum Gasteiger partial charge on any atom is -0.311 e. The minimum atomic E-state index is 0.345. The van der Waals surface area contributed by atoms with Gasteiger partial charge in [-0.2, -0.15) is 11.8 Å². The van der Waals surface area contributed by atoms with Crippen molar-refractivity contribution in [2.75, 3.05) is 24.6 Å². The van der Waals surface area contributed by atoms with Crippen LogP contribution >= 0.6 is 11.8 Å². The van der Waals surface area contributed by atoms with Crippen molar-refractivity contribution in [3.05, 3.63) is 0 Å². The molecule has 3 unspecified atom stereocenters. The first-order valence-electron chi connectivity index (χ1n) is 8.34. The van der Waals surface area contributed by atoms with Crippen molar-refractivity contribution in [2.45, 2.75) is 73.0 Å². The summed E-state index contributed by atoms with van der Waals surface area (Å²) in [5, 5.41) is 3.80. The van der Waals surface area contributed by atoms with Gasteiger partial charge in [0.1, 0.15) is 0 Å². The fourth-order valence-electron chi connectivity index (χ4n) is 3.06. The van der Waals surface area contributed by atoms with Crippen LogP contribution in [0.15, 0.2) is 0 Å². The summed E-state index contributed by atoms with van der Waals surface area (Å²) < 4.78 is 0. The molecule has 0 amide bonds. The number of hydrogen-bond donors (Lipinski definition) is 1. The van der Waals surface area contributed by atoms with Crippen LogP contribution in [0.25, 0.3) is 0 Å². The van der Waals surface area contributed by atoms with Gasteiger partial charge in [-0.3, -0.25) is 4.90 Å². The quantitative estimate of drug-likeness (QED) is 0.750. The predicted molar refractivity (Wildman–Crippen MR) is 93.7 cm³/mol. The minimum absolute atomic E-state index is 0.345. The molecule has 2 nitrogen and oxygen atoms in total. The van der Waals surface area contributed by atoms with Crippen LogP contribution in [0.2, 0.25) is 0 Å². The molecule has 3 atom stereocenters. The van der Waals surface area contributed by atoms with Gasteiger partial charge in [0.2, 0.25) is 0 Å². The maximum Gasteiger partial charge on any atom is 0.0247 e. The van der Waals surface area contributed by atoms with Crippen LogP contribution in [-0.2, 0) is 0 Å². The standard InChI is InChI=1S/C17H36N2S/c1-8-20-10-9-14(4)19-12-16(17(5,6)7)18-11-15(19)13(2)3/h13-16,18H,8-12H2,1-7H3. The number of hydrogen-bond acceptors (Lipinski definition) is 3. The van der Waals surface area contributed by atoms with E-state index in [1.807, 2.05) is 0 Å². The lowest BCUT2D eigenvalue weighted by Gasteiger charge is -2.49. The zero-order chi connectivity index (χ0) is 15.3. The van der Waals surface area contributed by atoms with Crippen molar-refractivity contribution in [3.63, 3.8) is 0 Å². The third-order valence-corrected chi connectivity index (χ3v) is 5.59. The Kier molecular flexibility index (Phi) is 7.37. The lowest BCUT2D eigenvalue weighted by molar-refractivity contribution is 0.0337. The molecule has 0 bridgehead atoms. The van der Waals surface area contributed by atoms with E-state index in [-0.39, 0.29) is 0 Å². The summed E-state index contributed by atoms with van der Waals surface area (Å²) in [5.41, 5.74) is 0.345. The zero-order valence-electron chi connectivity index (χ0n) is 14.7. The lowest BCUT2D eigenvalue weighted by Crippen LogP contribution is -2.63. The molecule has 120 valence electrons. The zero-order valence-corrected chi connectivity index (χ0v) is 15.5. The Morgan fingerprint density at radius 3 is 2.40 bits per heavy atom. The van der Waals surface area contributed by atoms with Gasteiger partial charge in [-0.05, 0) is 36.2 Å². The van der Waals surface area contributed by atoms with Gasteiger partial charge in [0.25, 0.3) is 0 Å². The Bertz CT molecular complexity index is 273. The monoisotopic (exact) mass is 300 g/mol. The smallest absolute Gasteiger partial charge is 0.0247 e. The second-order valence-corrected chi connectivity index (χ2v) is 9.06. The molecular formula is C17H36N2S. The van der Waals surface area contributed by atoms with Gasteiger partial charge in [0.15, 0.2) is 0 Å². The van der Waals surface area contributed by atoms with Gasteiger partial charge in [-0.15, -0.1) is 0 Å². The molecule has 0 aliphatic carbocycles. The summed E-state index contributed by atoms with van der Waals surface area (Å²) in [7, 11) is 0. The maximum atomic E-state index is 3.80. The van der Waals surface area contributed by atoms with Gasteiger partial charge in [0.05, 0.1) is 0 Å². The van der Waals surface area contributed by atoms with E-state index >= 15 is 0 Å². The highest BCUT2D eigenvalue weighted by molar-refractivity contribution is 7.99. The van der Waals surface area contributed by atoms with Gasteiger partial charge in [-0.1, -0.05) is 41.5 Å². The largest absolute Gasteiger partial charge is 0.311 e. The number of nitrogens with zero attached hydrogens (tertiary/aromatic N) is 1. The van der Waals surface area contributed by atoms with Crippen molar-refractivity contribution >= 4 is 11.8 Å². The van der Waals surface area contributed by atoms with E-state index in [1.165, 1.54) is 24.5 Å². The molecule has 20 heavy (non-hydrogen) atoms. The summed E-state index contributed by atoms with van der Waals surface area (Å²) in [6, 6.07) is 2.00. The third kappa shape index (κ3) is 5.23. The van der Waals surface area contributed by atoms with E-state index < -0.39 is 0 Å². The van der Waals surface area contributed by atoms with E-state index in [0.29, 0.717) is 23.5 Å². The highest BCUT2D eigenvalue weighted by Crippen LogP contribution is 2.27. The SMILES string of the molecule is CCSCCC(C)N1CC(C(C)(C)C)NCC1C(C)C. The highest BCUT2D eigenvalue weighted by atomic mass is 32.2. The molecule has 3 heteroatoms. The van der Waals surface area contributed by atoms with Crippen LogP contribution < -0.4 is 5.32 Å². The summed E-state index contributed by atoms with van der Waals surface area (Å²) in [4.78, 5) is 2.79. The number of piperazine rings is 1. The lowest BCUT2D eigenvalue weighted by atomic mass is 9.83. The molecule has 0 spiro atoms. The Labute approximate surface area is 131 Å². The van der Waals surface area contributed by atoms with Crippen LogP contribution in [0.4, 0.5) is 0 Å². The van der Waals surface area contributed by atoms with E-state index in [1.54, 1.807) is 0 Å². The molecule has 1 aliphatic rings. The first-order chi connectivity index (χ1) is 9.27. The summed E-state index contributed by atoms with van der Waals surface area (Å²) in [6.07, 6.45) is 1.32. The number of nitrogens with one attached hydrogen (secondary N) is 1. The first-order valence-corrected chi connectivity index (χ1v) is 9.49. The molecular weight excluding hydrogens is 264 g/mol. The average Bonchev–Trinajstić information content (AvgIpc) is 2.37. The molecule has 1 fully saturated rings. The topological polar surface area (TPSA) is 15.3 Å². The van der Waals surface area contributed by atoms with Crippen LogP contribution in [0.5, 0.6) is 0 Å². The molecule has 0 saturated carbocycles. The van der Waals surface area contributed by atoms with Crippen molar-refractivity contribution in [1.29, 1.82) is 0 Å². The summed E-state index contributed by atoms with van der Waals surface area (Å²) in [5.74, 6) is 3.27. The molecule has 1 rings (SSSR count). The summed E-state index contributed by atoms with van der Waals surface area (Å²) >= 11 is 2.07. The Morgan fingerprint density at radius 1 is 1.25 bits per heavy atom. The van der Waals surface area contributed by atoms with E-state index in [2.05, 4.69) is 70.4 Å². The van der Waals surface area contributed by atoms with Crippen LogP contribution in [0.3, 0.4) is 0 Å². The van der Waals surface area contributed by atoms with Crippen molar-refractivity contribution in [2.24, 2.45) is 11.3 Å². The average molecular weight is 301 g/mol. The van der Waals surface area contributed by atoms with Gasteiger partial charge in [-0.25, -0.2) is 0 Å². The van der Waals surface area contributed by atoms with Crippen LogP contribution in [0.1, 0.15) is 54.9 Å². The molecule has 1 N–H and O–H groups in total. The van der Waals surface area contributed by atoms with Crippen molar-refractivity contribution < 1.29 is 0 Å². The molecule has 1 heterocycles. The van der Waals surface area contributed by atoms with Crippen LogP contribution in [0, 0.1) is 11.3 Å². The Morgan fingerprint density at radius 2 is 1.90 bits per heavy atom. The molecule has 0 radical (unpaired) electrons. The second kappa shape index (κ2) is 8.05. The molecule has 0 aromatic heterocycles.